The number of aliphatic hydroxyl groups excluding tert-OH is 1. The lowest BCUT2D eigenvalue weighted by molar-refractivity contribution is 0.0153. The summed E-state index contributed by atoms with van der Waals surface area (Å²) in [6.07, 6.45) is 2.18. The number of piperazine rings is 1. The first kappa shape index (κ1) is 29.1. The summed E-state index contributed by atoms with van der Waals surface area (Å²) >= 11 is 0. The highest BCUT2D eigenvalue weighted by Gasteiger charge is 2.44. The van der Waals surface area contributed by atoms with E-state index in [1.54, 1.807) is 4.90 Å². The molecule has 0 aromatic heterocycles. The van der Waals surface area contributed by atoms with Crippen LogP contribution in [-0.2, 0) is 10.3 Å². The van der Waals surface area contributed by atoms with Gasteiger partial charge in [0.05, 0.1) is 11.6 Å². The van der Waals surface area contributed by atoms with Gasteiger partial charge in [-0.1, -0.05) is 97.1 Å². The fraction of sp³-hybridized carbons (Fsp3) is 0.400. The van der Waals surface area contributed by atoms with Crippen LogP contribution in [-0.4, -0.2) is 83.4 Å². The van der Waals surface area contributed by atoms with Crippen LogP contribution < -0.4 is 0 Å². The average Bonchev–Trinajstić information content (AvgIpc) is 2.99. The first-order valence-corrected chi connectivity index (χ1v) is 14.8. The lowest BCUT2D eigenvalue weighted by Crippen LogP contribution is -2.53. The molecule has 3 aromatic rings. The molecule has 2 aliphatic rings. The molecule has 0 saturated carbocycles. The van der Waals surface area contributed by atoms with Crippen molar-refractivity contribution in [2.75, 3.05) is 45.8 Å². The lowest BCUT2D eigenvalue weighted by Gasteiger charge is -2.48. The second-order valence-corrected chi connectivity index (χ2v) is 12.1. The van der Waals surface area contributed by atoms with Gasteiger partial charge >= 0.3 is 6.09 Å². The number of carbonyl (C=O) groups is 1. The Morgan fingerprint density at radius 1 is 0.805 bits per heavy atom. The van der Waals surface area contributed by atoms with Crippen molar-refractivity contribution >= 4 is 6.09 Å². The summed E-state index contributed by atoms with van der Waals surface area (Å²) < 4.78 is 5.55. The summed E-state index contributed by atoms with van der Waals surface area (Å²) in [5.41, 5.74) is 3.71. The molecule has 41 heavy (non-hydrogen) atoms. The molecule has 0 radical (unpaired) electrons. The number of hydrogen-bond acceptors (Lipinski definition) is 5. The Kier molecular flexibility index (Phi) is 8.93. The van der Waals surface area contributed by atoms with Crippen LogP contribution in [0.15, 0.2) is 103 Å². The zero-order chi connectivity index (χ0) is 28.9. The Hall–Kier alpha value is -3.45. The van der Waals surface area contributed by atoms with Gasteiger partial charge in [-0.25, -0.2) is 4.79 Å². The monoisotopic (exact) mass is 553 g/mol. The van der Waals surface area contributed by atoms with Crippen molar-refractivity contribution < 1.29 is 14.6 Å². The molecule has 6 nitrogen and oxygen atoms in total. The van der Waals surface area contributed by atoms with Gasteiger partial charge < -0.3 is 14.7 Å². The summed E-state index contributed by atoms with van der Waals surface area (Å²) in [7, 11) is 0. The second-order valence-electron chi connectivity index (χ2n) is 12.1. The van der Waals surface area contributed by atoms with E-state index in [4.69, 9.17) is 4.74 Å². The zero-order valence-corrected chi connectivity index (χ0v) is 24.6. The molecule has 0 aliphatic carbocycles. The van der Waals surface area contributed by atoms with Gasteiger partial charge in [-0.05, 0) is 49.5 Å². The fourth-order valence-corrected chi connectivity index (χ4v) is 6.13. The Bertz CT molecular complexity index is 1200. The number of hydrogen-bond donors (Lipinski definition) is 1. The quantitative estimate of drug-likeness (QED) is 0.322. The number of amides is 1. The normalized spacial score (nSPS) is 20.2. The van der Waals surface area contributed by atoms with Crippen molar-refractivity contribution in [3.05, 3.63) is 119 Å². The maximum absolute atomic E-state index is 12.5. The molecule has 6 heteroatoms. The smallest absolute Gasteiger partial charge is 0.410 e. The van der Waals surface area contributed by atoms with E-state index in [-0.39, 0.29) is 6.09 Å². The molecule has 1 atom stereocenters. The van der Waals surface area contributed by atoms with Crippen molar-refractivity contribution in [3.8, 4) is 0 Å². The van der Waals surface area contributed by atoms with Gasteiger partial charge in [0.1, 0.15) is 5.60 Å². The highest BCUT2D eigenvalue weighted by molar-refractivity contribution is 5.68. The van der Waals surface area contributed by atoms with Crippen molar-refractivity contribution in [1.82, 2.24) is 14.7 Å². The SMILES string of the molecule is CC(C)(C)OC(=O)N1CCN(CC=C2CN(C(c3ccccc3)(c3ccccc3)c3ccccc3)CCC2O)CC1. The third kappa shape index (κ3) is 6.56. The van der Waals surface area contributed by atoms with Crippen LogP contribution in [0.1, 0.15) is 43.9 Å². The number of benzene rings is 3. The van der Waals surface area contributed by atoms with Gasteiger partial charge in [0.25, 0.3) is 0 Å². The first-order chi connectivity index (χ1) is 19.8. The van der Waals surface area contributed by atoms with Crippen LogP contribution in [0.3, 0.4) is 0 Å². The van der Waals surface area contributed by atoms with Crippen LogP contribution >= 0.6 is 0 Å². The molecule has 2 fully saturated rings. The minimum absolute atomic E-state index is 0.243. The molecule has 2 heterocycles. The minimum Gasteiger partial charge on any atom is -0.444 e. The summed E-state index contributed by atoms with van der Waals surface area (Å²) in [4.78, 5) is 19.2. The Morgan fingerprint density at radius 3 is 1.76 bits per heavy atom. The first-order valence-electron chi connectivity index (χ1n) is 14.8. The molecule has 2 saturated heterocycles. The van der Waals surface area contributed by atoms with E-state index < -0.39 is 17.2 Å². The standard InChI is InChI=1S/C35H43N3O3/c1-34(2,3)41-33(40)37-25-23-36(24-26-37)21-19-28-27-38(22-20-32(28)39)35(29-13-7-4-8-14-29,30-15-9-5-10-16-30)31-17-11-6-12-18-31/h4-19,32,39H,20-27H2,1-3H3. The topological polar surface area (TPSA) is 56.2 Å². The minimum atomic E-state index is -0.498. The van der Waals surface area contributed by atoms with Crippen LogP contribution in [0.2, 0.25) is 0 Å². The van der Waals surface area contributed by atoms with E-state index in [0.717, 1.165) is 31.8 Å². The number of ether oxygens (including phenoxy) is 1. The highest BCUT2D eigenvalue weighted by atomic mass is 16.6. The molecular formula is C35H43N3O3. The van der Waals surface area contributed by atoms with Gasteiger partial charge in [0, 0.05) is 45.8 Å². The molecule has 216 valence electrons. The number of piperidine rings is 1. The molecule has 5 rings (SSSR count). The van der Waals surface area contributed by atoms with E-state index in [9.17, 15) is 9.90 Å². The predicted molar refractivity (Wildman–Crippen MR) is 164 cm³/mol. The second kappa shape index (κ2) is 12.6. The lowest BCUT2D eigenvalue weighted by atomic mass is 9.74. The summed E-state index contributed by atoms with van der Waals surface area (Å²) in [5.74, 6) is 0. The Labute approximate surface area is 244 Å². The number of carbonyl (C=O) groups excluding carboxylic acids is 1. The van der Waals surface area contributed by atoms with Crippen molar-refractivity contribution in [1.29, 1.82) is 0 Å². The van der Waals surface area contributed by atoms with Gasteiger partial charge in [-0.3, -0.25) is 9.80 Å². The van der Waals surface area contributed by atoms with Crippen molar-refractivity contribution in [2.24, 2.45) is 0 Å². The van der Waals surface area contributed by atoms with E-state index in [1.165, 1.54) is 16.7 Å². The average molecular weight is 554 g/mol. The van der Waals surface area contributed by atoms with Crippen molar-refractivity contribution in [3.63, 3.8) is 0 Å². The number of aliphatic hydroxyl groups is 1. The fourth-order valence-electron chi connectivity index (χ4n) is 6.13. The van der Waals surface area contributed by atoms with E-state index in [0.29, 0.717) is 26.1 Å². The molecule has 1 N–H and O–H groups in total. The van der Waals surface area contributed by atoms with Gasteiger partial charge in [0.15, 0.2) is 0 Å². The molecule has 0 spiro atoms. The zero-order valence-electron chi connectivity index (χ0n) is 24.6. The maximum atomic E-state index is 12.5. The summed E-state index contributed by atoms with van der Waals surface area (Å²) in [5, 5.41) is 11.1. The highest BCUT2D eigenvalue weighted by Crippen LogP contribution is 2.44. The van der Waals surface area contributed by atoms with Gasteiger partial charge in [0.2, 0.25) is 0 Å². The van der Waals surface area contributed by atoms with Crippen molar-refractivity contribution in [2.45, 2.75) is 44.4 Å². The van der Waals surface area contributed by atoms with Crippen LogP contribution in [0.25, 0.3) is 0 Å². The molecule has 0 bridgehead atoms. The number of likely N-dealkylation sites (tertiary alicyclic amines) is 1. The third-order valence-electron chi connectivity index (χ3n) is 8.16. The van der Waals surface area contributed by atoms with Crippen LogP contribution in [0.4, 0.5) is 4.79 Å². The summed E-state index contributed by atoms with van der Waals surface area (Å²) in [6, 6.07) is 32.2. The Balaban J connectivity index is 1.40. The van der Waals surface area contributed by atoms with Gasteiger partial charge in [-0.2, -0.15) is 0 Å². The molecule has 2 aliphatic heterocycles. The third-order valence-corrected chi connectivity index (χ3v) is 8.16. The van der Waals surface area contributed by atoms with Crippen LogP contribution in [0, 0.1) is 0 Å². The number of rotatable bonds is 6. The maximum Gasteiger partial charge on any atom is 0.410 e. The van der Waals surface area contributed by atoms with E-state index in [1.807, 2.05) is 20.8 Å². The summed E-state index contributed by atoms with van der Waals surface area (Å²) in [6.45, 7) is 10.7. The Morgan fingerprint density at radius 2 is 1.29 bits per heavy atom. The predicted octanol–water partition coefficient (Wildman–Crippen LogP) is 5.52. The van der Waals surface area contributed by atoms with Crippen LogP contribution in [0.5, 0.6) is 0 Å². The molecular weight excluding hydrogens is 510 g/mol. The van der Waals surface area contributed by atoms with E-state index in [2.05, 4.69) is 107 Å². The number of nitrogens with zero attached hydrogens (tertiary/aromatic N) is 3. The van der Waals surface area contributed by atoms with E-state index >= 15 is 0 Å². The molecule has 1 unspecified atom stereocenters. The molecule has 3 aromatic carbocycles. The molecule has 1 amide bonds. The van der Waals surface area contributed by atoms with Gasteiger partial charge in [-0.15, -0.1) is 0 Å². The largest absolute Gasteiger partial charge is 0.444 e.